The average molecular weight is 382 g/mol. The van der Waals surface area contributed by atoms with Crippen LogP contribution in [0.4, 0.5) is 0 Å². The standard InChI is InChI=1S/C17H8O4.C3H8O2.C2H6/c18-13-9-5-1-2-6-10(9)14(19)17(13)15(20)11-7-3-4-8-12(11)16(17)21;1-4-3-5-2;1-2/h1-8H;3H2,1-2H3;1-2H3. The molecule has 1 spiro atoms. The van der Waals surface area contributed by atoms with Crippen molar-refractivity contribution in [3.05, 3.63) is 70.8 Å². The van der Waals surface area contributed by atoms with Crippen LogP contribution in [0.25, 0.3) is 0 Å². The van der Waals surface area contributed by atoms with Gasteiger partial charge in [0.15, 0.2) is 23.1 Å². The fraction of sp³-hybridized carbons (Fsp3) is 0.273. The highest BCUT2D eigenvalue weighted by Crippen LogP contribution is 2.46. The second-order valence-corrected chi connectivity index (χ2v) is 5.85. The number of ether oxygens (including phenoxy) is 2. The molecule has 146 valence electrons. The summed E-state index contributed by atoms with van der Waals surface area (Å²) in [7, 11) is 3.17. The highest BCUT2D eigenvalue weighted by Gasteiger charge is 2.67. The minimum absolute atomic E-state index is 0.150. The Hall–Kier alpha value is -2.96. The second kappa shape index (κ2) is 8.82. The Morgan fingerprint density at radius 3 is 1.04 bits per heavy atom. The first-order chi connectivity index (χ1) is 13.5. The van der Waals surface area contributed by atoms with Gasteiger partial charge in [-0.1, -0.05) is 62.4 Å². The number of rotatable bonds is 2. The smallest absolute Gasteiger partial charge is 0.221 e. The van der Waals surface area contributed by atoms with Crippen molar-refractivity contribution in [1.29, 1.82) is 0 Å². The summed E-state index contributed by atoms with van der Waals surface area (Å²) in [4.78, 5) is 50.6. The van der Waals surface area contributed by atoms with E-state index in [4.69, 9.17) is 0 Å². The fourth-order valence-electron chi connectivity index (χ4n) is 3.30. The van der Waals surface area contributed by atoms with Crippen molar-refractivity contribution in [2.24, 2.45) is 5.41 Å². The third kappa shape index (κ3) is 3.00. The van der Waals surface area contributed by atoms with Crippen LogP contribution in [-0.4, -0.2) is 44.1 Å². The highest BCUT2D eigenvalue weighted by molar-refractivity contribution is 6.56. The van der Waals surface area contributed by atoms with Gasteiger partial charge in [0.2, 0.25) is 5.41 Å². The summed E-state index contributed by atoms with van der Waals surface area (Å²) in [5.41, 5.74) is -1.61. The van der Waals surface area contributed by atoms with Gasteiger partial charge in [0.25, 0.3) is 0 Å². The molecular weight excluding hydrogens is 360 g/mol. The Labute approximate surface area is 163 Å². The molecule has 4 rings (SSSR count). The molecular formula is C22H22O6. The number of benzene rings is 2. The Balaban J connectivity index is 0.000000352. The van der Waals surface area contributed by atoms with Gasteiger partial charge in [0, 0.05) is 36.5 Å². The molecule has 6 heteroatoms. The van der Waals surface area contributed by atoms with Crippen LogP contribution in [0.3, 0.4) is 0 Å². The van der Waals surface area contributed by atoms with E-state index >= 15 is 0 Å². The maximum absolute atomic E-state index is 12.7. The minimum atomic E-state index is -2.21. The van der Waals surface area contributed by atoms with Crippen LogP contribution in [-0.2, 0) is 9.47 Å². The summed E-state index contributed by atoms with van der Waals surface area (Å²) in [5, 5.41) is 0. The molecule has 0 radical (unpaired) electrons. The average Bonchev–Trinajstić information content (AvgIpc) is 3.11. The molecule has 0 heterocycles. The maximum atomic E-state index is 12.7. The Morgan fingerprint density at radius 1 is 0.607 bits per heavy atom. The Kier molecular flexibility index (Phi) is 6.72. The first kappa shape index (κ1) is 21.3. The van der Waals surface area contributed by atoms with Gasteiger partial charge in [-0.3, -0.25) is 19.2 Å². The van der Waals surface area contributed by atoms with E-state index in [0.717, 1.165) is 0 Å². The molecule has 2 aliphatic rings. The summed E-state index contributed by atoms with van der Waals surface area (Å²) in [6, 6.07) is 12.4. The molecule has 0 saturated heterocycles. The molecule has 0 atom stereocenters. The lowest BCUT2D eigenvalue weighted by Gasteiger charge is -2.14. The van der Waals surface area contributed by atoms with Crippen molar-refractivity contribution in [3.8, 4) is 0 Å². The van der Waals surface area contributed by atoms with Crippen molar-refractivity contribution in [2.75, 3.05) is 21.0 Å². The predicted molar refractivity (Wildman–Crippen MR) is 103 cm³/mol. The molecule has 0 amide bonds. The minimum Gasteiger partial charge on any atom is -0.359 e. The molecule has 2 aromatic rings. The number of hydrogen-bond donors (Lipinski definition) is 0. The van der Waals surface area contributed by atoms with Crippen LogP contribution in [0, 0.1) is 5.41 Å². The lowest BCUT2D eigenvalue weighted by Crippen LogP contribution is -2.44. The zero-order chi connectivity index (χ0) is 20.9. The number of Topliss-reactive ketones (excluding diaryl/α,β-unsaturated/α-hetero) is 4. The van der Waals surface area contributed by atoms with Gasteiger partial charge in [0.05, 0.1) is 0 Å². The van der Waals surface area contributed by atoms with Gasteiger partial charge in [-0.05, 0) is 0 Å². The number of carbonyl (C=O) groups excluding carboxylic acids is 4. The number of hydrogen-bond acceptors (Lipinski definition) is 6. The van der Waals surface area contributed by atoms with Gasteiger partial charge < -0.3 is 9.47 Å². The second-order valence-electron chi connectivity index (χ2n) is 5.85. The molecule has 0 aromatic heterocycles. The normalized spacial score (nSPS) is 15.4. The zero-order valence-electron chi connectivity index (χ0n) is 16.3. The molecule has 6 nitrogen and oxygen atoms in total. The first-order valence-electron chi connectivity index (χ1n) is 8.87. The molecule has 2 aromatic carbocycles. The Morgan fingerprint density at radius 2 is 0.857 bits per heavy atom. The topological polar surface area (TPSA) is 86.7 Å². The van der Waals surface area contributed by atoms with Crippen molar-refractivity contribution in [2.45, 2.75) is 13.8 Å². The van der Waals surface area contributed by atoms with Crippen LogP contribution in [0.1, 0.15) is 55.3 Å². The summed E-state index contributed by atoms with van der Waals surface area (Å²) in [6.45, 7) is 4.39. The third-order valence-electron chi connectivity index (χ3n) is 4.43. The summed E-state index contributed by atoms with van der Waals surface area (Å²) in [6.07, 6.45) is 0. The van der Waals surface area contributed by atoms with E-state index in [0.29, 0.717) is 6.79 Å². The van der Waals surface area contributed by atoms with Gasteiger partial charge in [-0.15, -0.1) is 0 Å². The summed E-state index contributed by atoms with van der Waals surface area (Å²) < 4.78 is 8.94. The lowest BCUT2D eigenvalue weighted by molar-refractivity contribution is -0.00272. The summed E-state index contributed by atoms with van der Waals surface area (Å²) in [5.74, 6) is -2.80. The number of ketones is 4. The third-order valence-corrected chi connectivity index (χ3v) is 4.43. The van der Waals surface area contributed by atoms with E-state index in [9.17, 15) is 19.2 Å². The number of carbonyl (C=O) groups is 4. The Bertz CT molecular complexity index is 779. The van der Waals surface area contributed by atoms with Crippen LogP contribution in [0.2, 0.25) is 0 Å². The largest absolute Gasteiger partial charge is 0.359 e. The van der Waals surface area contributed by atoms with Crippen molar-refractivity contribution >= 4 is 23.1 Å². The number of fused-ring (bicyclic) bond motifs is 2. The van der Waals surface area contributed by atoms with Gasteiger partial charge >= 0.3 is 0 Å². The molecule has 2 aliphatic carbocycles. The SMILES string of the molecule is CC.COCOC.O=C1c2ccccc2C(=O)C12C(=O)c1ccccc1C2=O. The van der Waals surface area contributed by atoms with Crippen molar-refractivity contribution < 1.29 is 28.7 Å². The highest BCUT2D eigenvalue weighted by atomic mass is 16.6. The van der Waals surface area contributed by atoms with Crippen molar-refractivity contribution in [3.63, 3.8) is 0 Å². The molecule has 0 fully saturated rings. The molecule has 0 saturated carbocycles. The van der Waals surface area contributed by atoms with Crippen LogP contribution >= 0.6 is 0 Å². The number of methoxy groups -OCH3 is 2. The molecule has 0 aliphatic heterocycles. The van der Waals surface area contributed by atoms with Crippen LogP contribution in [0.15, 0.2) is 48.5 Å². The van der Waals surface area contributed by atoms with E-state index in [1.807, 2.05) is 13.8 Å². The van der Waals surface area contributed by atoms with E-state index in [1.54, 1.807) is 38.5 Å². The summed E-state index contributed by atoms with van der Waals surface area (Å²) >= 11 is 0. The maximum Gasteiger partial charge on any atom is 0.221 e. The molecule has 0 N–H and O–H groups in total. The van der Waals surface area contributed by atoms with E-state index in [-0.39, 0.29) is 22.3 Å². The molecule has 28 heavy (non-hydrogen) atoms. The van der Waals surface area contributed by atoms with Gasteiger partial charge in [-0.2, -0.15) is 0 Å². The van der Waals surface area contributed by atoms with Gasteiger partial charge in [-0.25, -0.2) is 0 Å². The molecule has 0 bridgehead atoms. The fourth-order valence-corrected chi connectivity index (χ4v) is 3.30. The van der Waals surface area contributed by atoms with E-state index < -0.39 is 28.5 Å². The monoisotopic (exact) mass is 382 g/mol. The quantitative estimate of drug-likeness (QED) is 0.584. The van der Waals surface area contributed by atoms with E-state index in [2.05, 4.69) is 9.47 Å². The van der Waals surface area contributed by atoms with Crippen molar-refractivity contribution in [1.82, 2.24) is 0 Å². The lowest BCUT2D eigenvalue weighted by atomic mass is 9.78. The molecule has 0 unspecified atom stereocenters. The van der Waals surface area contributed by atoms with Crippen LogP contribution in [0.5, 0.6) is 0 Å². The predicted octanol–water partition coefficient (Wildman–Crippen LogP) is 3.39. The van der Waals surface area contributed by atoms with Crippen LogP contribution < -0.4 is 0 Å². The zero-order valence-corrected chi connectivity index (χ0v) is 16.3. The van der Waals surface area contributed by atoms with E-state index in [1.165, 1.54) is 24.3 Å². The first-order valence-corrected chi connectivity index (χ1v) is 8.87. The van der Waals surface area contributed by atoms with Gasteiger partial charge in [0.1, 0.15) is 6.79 Å².